The number of sulfone groups is 1. The number of rotatable bonds is 3. The van der Waals surface area contributed by atoms with Crippen LogP contribution in [-0.4, -0.2) is 32.9 Å². The van der Waals surface area contributed by atoms with Gasteiger partial charge in [-0.15, -0.1) is 0 Å². The summed E-state index contributed by atoms with van der Waals surface area (Å²) in [7, 11) is -3.33. The molecule has 0 radical (unpaired) electrons. The zero-order valence-electron chi connectivity index (χ0n) is 13.5. The molecule has 134 valence electrons. The minimum atomic E-state index is -3.33. The van der Waals surface area contributed by atoms with Crippen LogP contribution in [0.2, 0.25) is 5.02 Å². The van der Waals surface area contributed by atoms with Crippen molar-refractivity contribution >= 4 is 33.0 Å². The van der Waals surface area contributed by atoms with Crippen molar-refractivity contribution in [2.75, 3.05) is 17.4 Å². The van der Waals surface area contributed by atoms with Gasteiger partial charge < -0.3 is 14.4 Å². The Hall–Kier alpha value is -2.51. The third-order valence-corrected chi connectivity index (χ3v) is 5.82. The highest BCUT2D eigenvalue weighted by atomic mass is 35.5. The number of nitrogens with zero attached hydrogens (tertiary/aromatic N) is 1. The Morgan fingerprint density at radius 3 is 2.50 bits per heavy atom. The molecule has 0 N–H and O–H groups in total. The van der Waals surface area contributed by atoms with Gasteiger partial charge in [-0.2, -0.15) is 0 Å². The van der Waals surface area contributed by atoms with Crippen LogP contribution in [0.1, 0.15) is 10.4 Å². The van der Waals surface area contributed by atoms with Crippen molar-refractivity contribution in [2.45, 2.75) is 6.04 Å². The van der Waals surface area contributed by atoms with Gasteiger partial charge in [0.1, 0.15) is 0 Å². The molecule has 0 bridgehead atoms. The van der Waals surface area contributed by atoms with Crippen molar-refractivity contribution in [3.05, 3.63) is 64.5 Å². The molecule has 8 heteroatoms. The van der Waals surface area contributed by atoms with Crippen LogP contribution < -0.4 is 14.4 Å². The Morgan fingerprint density at radius 2 is 1.81 bits per heavy atom. The van der Waals surface area contributed by atoms with Crippen molar-refractivity contribution in [3.63, 3.8) is 0 Å². The van der Waals surface area contributed by atoms with Gasteiger partial charge in [0.2, 0.25) is 6.79 Å². The third kappa shape index (κ3) is 3.15. The van der Waals surface area contributed by atoms with E-state index in [0.717, 1.165) is 5.41 Å². The lowest BCUT2D eigenvalue weighted by Gasteiger charge is -2.28. The molecule has 0 saturated carbocycles. The van der Waals surface area contributed by atoms with Crippen molar-refractivity contribution in [1.29, 1.82) is 0 Å². The summed E-state index contributed by atoms with van der Waals surface area (Å²) in [5.41, 5.74) is 0.936. The normalized spacial score (nSPS) is 19.5. The molecule has 2 aromatic rings. The van der Waals surface area contributed by atoms with Crippen molar-refractivity contribution in [2.24, 2.45) is 0 Å². The number of benzene rings is 2. The van der Waals surface area contributed by atoms with Crippen molar-refractivity contribution in [1.82, 2.24) is 0 Å². The van der Waals surface area contributed by atoms with E-state index in [-0.39, 0.29) is 18.5 Å². The highest BCUT2D eigenvalue weighted by Gasteiger charge is 2.32. The van der Waals surface area contributed by atoms with Gasteiger partial charge >= 0.3 is 0 Å². The molecule has 0 aromatic heterocycles. The van der Waals surface area contributed by atoms with Gasteiger partial charge in [-0.3, -0.25) is 4.79 Å². The average Bonchev–Trinajstić information content (AvgIpc) is 3.22. The summed E-state index contributed by atoms with van der Waals surface area (Å²) in [6, 6.07) is 11.0. The summed E-state index contributed by atoms with van der Waals surface area (Å²) < 4.78 is 34.3. The van der Waals surface area contributed by atoms with Crippen LogP contribution in [0.15, 0.2) is 53.9 Å². The lowest BCUT2D eigenvalue weighted by molar-refractivity contribution is 0.0982. The largest absolute Gasteiger partial charge is 0.454 e. The molecule has 4 rings (SSSR count). The fourth-order valence-electron chi connectivity index (χ4n) is 2.95. The number of anilines is 1. The molecule has 1 atom stereocenters. The minimum Gasteiger partial charge on any atom is -0.454 e. The zero-order valence-corrected chi connectivity index (χ0v) is 15.0. The smallest absolute Gasteiger partial charge is 0.258 e. The second-order valence-electron chi connectivity index (χ2n) is 5.95. The van der Waals surface area contributed by atoms with Crippen LogP contribution in [0.5, 0.6) is 11.5 Å². The van der Waals surface area contributed by atoms with Crippen molar-refractivity contribution in [3.8, 4) is 11.5 Å². The first-order valence-electron chi connectivity index (χ1n) is 7.83. The van der Waals surface area contributed by atoms with Gasteiger partial charge in [0, 0.05) is 21.7 Å². The first-order chi connectivity index (χ1) is 12.4. The number of carbonyl (C=O) groups excluding carboxylic acids is 1. The first kappa shape index (κ1) is 16.9. The monoisotopic (exact) mass is 391 g/mol. The van der Waals surface area contributed by atoms with Crippen LogP contribution in [-0.2, 0) is 9.84 Å². The Kier molecular flexibility index (Phi) is 4.13. The Labute approximate surface area is 155 Å². The lowest BCUT2D eigenvalue weighted by atomic mass is 10.1. The van der Waals surface area contributed by atoms with Gasteiger partial charge in [-0.05, 0) is 48.5 Å². The maximum atomic E-state index is 13.2. The van der Waals surface area contributed by atoms with E-state index >= 15 is 0 Å². The predicted octanol–water partition coefficient (Wildman–Crippen LogP) is 3.03. The molecule has 2 aliphatic rings. The number of carbonyl (C=O) groups is 1. The zero-order chi connectivity index (χ0) is 18.3. The molecule has 2 heterocycles. The molecular weight excluding hydrogens is 378 g/mol. The summed E-state index contributed by atoms with van der Waals surface area (Å²) in [6.45, 7) is 0.109. The summed E-state index contributed by atoms with van der Waals surface area (Å²) >= 11 is 5.94. The molecule has 6 nitrogen and oxygen atoms in total. The van der Waals surface area contributed by atoms with E-state index in [4.69, 9.17) is 21.1 Å². The standard InChI is InChI=1S/C18H14ClNO5S/c19-13-2-4-14(5-3-13)20(15-7-8-26(22,23)10-15)18(21)12-1-6-16-17(9-12)25-11-24-16/h1-9,15H,10-11H2/t15-/m0/s1. The summed E-state index contributed by atoms with van der Waals surface area (Å²) in [6.07, 6.45) is 1.52. The molecule has 0 spiro atoms. The third-order valence-electron chi connectivity index (χ3n) is 4.19. The Balaban J connectivity index is 1.74. The second kappa shape index (κ2) is 6.34. The minimum absolute atomic E-state index is 0.109. The number of amides is 1. The molecule has 1 amide bonds. The molecule has 26 heavy (non-hydrogen) atoms. The predicted molar refractivity (Wildman–Crippen MR) is 97.5 cm³/mol. The van der Waals surface area contributed by atoms with Crippen LogP contribution >= 0.6 is 11.6 Å². The highest BCUT2D eigenvalue weighted by Crippen LogP contribution is 2.34. The molecule has 0 saturated heterocycles. The topological polar surface area (TPSA) is 72.9 Å². The molecule has 0 aliphatic carbocycles. The van der Waals surface area contributed by atoms with E-state index < -0.39 is 15.9 Å². The first-order valence-corrected chi connectivity index (χ1v) is 9.92. The maximum Gasteiger partial charge on any atom is 0.258 e. The molecule has 2 aromatic carbocycles. The van der Waals surface area contributed by atoms with E-state index in [9.17, 15) is 13.2 Å². The van der Waals surface area contributed by atoms with E-state index in [1.54, 1.807) is 42.5 Å². The van der Waals surface area contributed by atoms with Crippen LogP contribution in [0, 0.1) is 0 Å². The summed E-state index contributed by atoms with van der Waals surface area (Å²) in [5.74, 6) is 0.563. The molecule has 2 aliphatic heterocycles. The maximum absolute atomic E-state index is 13.2. The fourth-order valence-corrected chi connectivity index (χ4v) is 4.34. The van der Waals surface area contributed by atoms with Gasteiger partial charge in [-0.25, -0.2) is 8.42 Å². The molecule has 0 fully saturated rings. The highest BCUT2D eigenvalue weighted by molar-refractivity contribution is 7.94. The number of halogens is 1. The number of ether oxygens (including phenoxy) is 2. The summed E-state index contributed by atoms with van der Waals surface area (Å²) in [5, 5.41) is 1.67. The van der Waals surface area contributed by atoms with Gasteiger partial charge in [0.15, 0.2) is 21.3 Å². The molecule has 0 unspecified atom stereocenters. The van der Waals surface area contributed by atoms with Gasteiger partial charge in [0.25, 0.3) is 5.91 Å². The van der Waals surface area contributed by atoms with Gasteiger partial charge in [-0.1, -0.05) is 11.6 Å². The van der Waals surface area contributed by atoms with Crippen LogP contribution in [0.4, 0.5) is 5.69 Å². The average molecular weight is 392 g/mol. The Bertz CT molecular complexity index is 1000. The van der Waals surface area contributed by atoms with E-state index in [2.05, 4.69) is 0 Å². The van der Waals surface area contributed by atoms with E-state index in [0.29, 0.717) is 27.8 Å². The Morgan fingerprint density at radius 1 is 1.08 bits per heavy atom. The molecular formula is C18H14ClNO5S. The number of fused-ring (bicyclic) bond motifs is 1. The number of hydrogen-bond acceptors (Lipinski definition) is 5. The van der Waals surface area contributed by atoms with E-state index in [1.807, 2.05) is 0 Å². The van der Waals surface area contributed by atoms with E-state index in [1.165, 1.54) is 11.0 Å². The quantitative estimate of drug-likeness (QED) is 0.804. The van der Waals surface area contributed by atoms with Crippen LogP contribution in [0.3, 0.4) is 0 Å². The van der Waals surface area contributed by atoms with Crippen molar-refractivity contribution < 1.29 is 22.7 Å². The number of hydrogen-bond donors (Lipinski definition) is 0. The second-order valence-corrected chi connectivity index (χ2v) is 8.31. The lowest BCUT2D eigenvalue weighted by Crippen LogP contribution is -2.41. The fraction of sp³-hybridized carbons (Fsp3) is 0.167. The van der Waals surface area contributed by atoms with Gasteiger partial charge in [0.05, 0.1) is 11.8 Å². The SMILES string of the molecule is O=C(c1ccc2c(c1)OCO2)N(c1ccc(Cl)cc1)[C@H]1C=CS(=O)(=O)C1. The summed E-state index contributed by atoms with van der Waals surface area (Å²) in [4.78, 5) is 14.6. The van der Waals surface area contributed by atoms with Crippen LogP contribution in [0.25, 0.3) is 0 Å².